The number of nitrogens with one attached hydrogen (secondary N) is 1. The highest BCUT2D eigenvalue weighted by molar-refractivity contribution is 6.13. The van der Waals surface area contributed by atoms with E-state index in [0.29, 0.717) is 40.9 Å². The maximum Gasteiger partial charge on any atom is 0.250 e. The molecule has 10 nitrogen and oxygen atoms in total. The summed E-state index contributed by atoms with van der Waals surface area (Å²) in [5.74, 6) is -0.302. The highest BCUT2D eigenvalue weighted by Crippen LogP contribution is 2.43. The van der Waals surface area contributed by atoms with Crippen LogP contribution in [0.1, 0.15) is 32.6 Å². The summed E-state index contributed by atoms with van der Waals surface area (Å²) in [4.78, 5) is 50.8. The van der Waals surface area contributed by atoms with Crippen LogP contribution in [-0.2, 0) is 21.4 Å². The van der Waals surface area contributed by atoms with Crippen molar-refractivity contribution in [2.75, 3.05) is 35.6 Å². The fraction of sp³-hybridized carbons (Fsp3) is 0.370. The molecule has 3 amide bonds. The lowest BCUT2D eigenvalue weighted by atomic mass is 9.93. The number of hydrogen-bond acceptors (Lipinski definition) is 6. The molecular formula is C27H31N7O3. The summed E-state index contributed by atoms with van der Waals surface area (Å²) in [5.41, 5.74) is 10.2. The summed E-state index contributed by atoms with van der Waals surface area (Å²) in [5, 5.41) is 3.41. The number of aromatic nitrogens is 3. The van der Waals surface area contributed by atoms with Crippen molar-refractivity contribution in [2.24, 2.45) is 13.0 Å². The fourth-order valence-corrected chi connectivity index (χ4v) is 5.27. The van der Waals surface area contributed by atoms with Crippen molar-refractivity contribution in [3.63, 3.8) is 0 Å². The van der Waals surface area contributed by atoms with Crippen LogP contribution in [0.25, 0.3) is 22.3 Å². The molecule has 0 spiro atoms. The van der Waals surface area contributed by atoms with Gasteiger partial charge in [0.05, 0.1) is 16.8 Å². The molecule has 0 saturated carbocycles. The van der Waals surface area contributed by atoms with Gasteiger partial charge in [-0.2, -0.15) is 0 Å². The van der Waals surface area contributed by atoms with E-state index in [1.165, 1.54) is 6.33 Å². The fourth-order valence-electron chi connectivity index (χ4n) is 5.27. The quantitative estimate of drug-likeness (QED) is 0.518. The zero-order chi connectivity index (χ0) is 26.3. The number of nitrogen functional groups attached to an aromatic ring is 1. The predicted octanol–water partition coefficient (Wildman–Crippen LogP) is 3.10. The number of fused-ring (bicyclic) bond motifs is 1. The van der Waals surface area contributed by atoms with E-state index >= 15 is 0 Å². The van der Waals surface area contributed by atoms with E-state index in [9.17, 15) is 14.4 Å². The number of piperidine rings is 1. The first kappa shape index (κ1) is 24.5. The van der Waals surface area contributed by atoms with Crippen LogP contribution in [0.5, 0.6) is 0 Å². The molecule has 0 aliphatic carbocycles. The summed E-state index contributed by atoms with van der Waals surface area (Å²) >= 11 is 0. The van der Waals surface area contributed by atoms with E-state index in [1.807, 2.05) is 28.6 Å². The Morgan fingerprint density at radius 3 is 2.46 bits per heavy atom. The lowest BCUT2D eigenvalue weighted by Gasteiger charge is -2.33. The van der Waals surface area contributed by atoms with Crippen molar-refractivity contribution in [1.82, 2.24) is 19.4 Å². The van der Waals surface area contributed by atoms with Gasteiger partial charge in [0.25, 0.3) is 5.91 Å². The van der Waals surface area contributed by atoms with E-state index in [1.54, 1.807) is 24.0 Å². The summed E-state index contributed by atoms with van der Waals surface area (Å²) in [6, 6.07) is 7.36. The number of aryl methyl sites for hydroxylation is 1. The minimum atomic E-state index is -0.301. The normalized spacial score (nSPS) is 17.9. The molecule has 0 bridgehead atoms. The molecule has 192 valence electrons. The average Bonchev–Trinajstić information content (AvgIpc) is 3.52. The monoisotopic (exact) mass is 501 g/mol. The van der Waals surface area contributed by atoms with Crippen LogP contribution in [0.2, 0.25) is 0 Å². The molecule has 3 aromatic rings. The van der Waals surface area contributed by atoms with Crippen LogP contribution in [0.15, 0.2) is 42.7 Å². The van der Waals surface area contributed by atoms with Crippen molar-refractivity contribution < 1.29 is 14.4 Å². The van der Waals surface area contributed by atoms with Gasteiger partial charge in [-0.1, -0.05) is 18.7 Å². The first-order chi connectivity index (χ1) is 17.8. The molecule has 2 saturated heterocycles. The van der Waals surface area contributed by atoms with E-state index in [4.69, 9.17) is 5.73 Å². The number of hydrogen-bond donors (Lipinski definition) is 2. The second-order valence-corrected chi connectivity index (χ2v) is 9.79. The van der Waals surface area contributed by atoms with Gasteiger partial charge in [0.1, 0.15) is 17.8 Å². The van der Waals surface area contributed by atoms with Gasteiger partial charge in [-0.05, 0) is 38.3 Å². The third-order valence-electron chi connectivity index (χ3n) is 7.23. The largest absolute Gasteiger partial charge is 0.383 e. The molecule has 3 N–H and O–H groups in total. The predicted molar refractivity (Wildman–Crippen MR) is 143 cm³/mol. The highest BCUT2D eigenvalue weighted by atomic mass is 16.2. The first-order valence-electron chi connectivity index (χ1n) is 12.5. The van der Waals surface area contributed by atoms with Gasteiger partial charge >= 0.3 is 0 Å². The third-order valence-corrected chi connectivity index (χ3v) is 7.23. The molecular weight excluding hydrogens is 470 g/mol. The molecule has 1 atom stereocenters. The van der Waals surface area contributed by atoms with E-state index in [2.05, 4.69) is 21.9 Å². The van der Waals surface area contributed by atoms with Gasteiger partial charge in [0, 0.05) is 55.8 Å². The van der Waals surface area contributed by atoms with Gasteiger partial charge in [-0.3, -0.25) is 14.4 Å². The van der Waals surface area contributed by atoms with Crippen molar-refractivity contribution in [3.8, 4) is 11.3 Å². The molecule has 10 heteroatoms. The Morgan fingerprint density at radius 2 is 1.81 bits per heavy atom. The van der Waals surface area contributed by atoms with Crippen LogP contribution < -0.4 is 16.0 Å². The zero-order valence-electron chi connectivity index (χ0n) is 21.2. The van der Waals surface area contributed by atoms with E-state index < -0.39 is 0 Å². The Balaban J connectivity index is 1.51. The molecule has 2 aliphatic heterocycles. The molecule has 2 aliphatic rings. The first-order valence-corrected chi connectivity index (χ1v) is 12.5. The average molecular weight is 502 g/mol. The molecule has 0 radical (unpaired) electrons. The standard InChI is InChI=1S/C27H31N7O3/c1-16(2)26(36)31-19-8-6-17(7-9-19)22-23(21-24(28)29-15-30-25(21)32(22)3)34-13-10-18(14-20(34)35)27(37)33-11-4-5-12-33/h6-9,15,18H,1,4-5,10-14H2,2-3H3,(H,31,36)(H2,28,29,30)/t18-/m0/s1. The number of nitrogens with two attached hydrogens (primary N) is 1. The van der Waals surface area contributed by atoms with Crippen molar-refractivity contribution in [3.05, 3.63) is 42.7 Å². The molecule has 5 rings (SSSR count). The number of carbonyl (C=O) groups is 3. The number of rotatable bonds is 5. The molecule has 2 aromatic heterocycles. The van der Waals surface area contributed by atoms with Gasteiger partial charge in [0.2, 0.25) is 11.8 Å². The Bertz CT molecular complexity index is 1400. The molecule has 37 heavy (non-hydrogen) atoms. The van der Waals surface area contributed by atoms with Gasteiger partial charge in [0.15, 0.2) is 0 Å². The maximum atomic E-state index is 13.5. The summed E-state index contributed by atoms with van der Waals surface area (Å²) in [6.07, 6.45) is 4.19. The second kappa shape index (κ2) is 9.68. The number of carbonyl (C=O) groups excluding carboxylic acids is 3. The SMILES string of the molecule is C=C(C)C(=O)Nc1ccc(-c2c(N3CC[C@H](C(=O)N4CCCC4)CC3=O)c3c(N)ncnc3n2C)cc1. The molecule has 1 aromatic carbocycles. The van der Waals surface area contributed by atoms with E-state index in [0.717, 1.165) is 37.2 Å². The lowest BCUT2D eigenvalue weighted by molar-refractivity contribution is -0.138. The van der Waals surface area contributed by atoms with Crippen LogP contribution in [0, 0.1) is 5.92 Å². The zero-order valence-corrected chi connectivity index (χ0v) is 21.2. The van der Waals surface area contributed by atoms with Crippen LogP contribution in [0.3, 0.4) is 0 Å². The second-order valence-electron chi connectivity index (χ2n) is 9.79. The number of anilines is 3. The van der Waals surface area contributed by atoms with Gasteiger partial charge in [-0.25, -0.2) is 9.97 Å². The molecule has 0 unspecified atom stereocenters. The van der Waals surface area contributed by atoms with Crippen molar-refractivity contribution >= 4 is 45.9 Å². The number of nitrogens with zero attached hydrogens (tertiary/aromatic N) is 5. The number of likely N-dealkylation sites (tertiary alicyclic amines) is 1. The topological polar surface area (TPSA) is 126 Å². The van der Waals surface area contributed by atoms with Crippen LogP contribution in [0.4, 0.5) is 17.2 Å². The summed E-state index contributed by atoms with van der Waals surface area (Å²) in [6.45, 7) is 7.27. The van der Waals surface area contributed by atoms with E-state index in [-0.39, 0.29) is 35.9 Å². The molecule has 4 heterocycles. The van der Waals surface area contributed by atoms with Crippen molar-refractivity contribution in [1.29, 1.82) is 0 Å². The number of amides is 3. The Hall–Kier alpha value is -4.21. The number of benzene rings is 1. The van der Waals surface area contributed by atoms with Gasteiger partial charge < -0.3 is 25.4 Å². The Kier molecular flexibility index (Phi) is 6.41. The van der Waals surface area contributed by atoms with Crippen molar-refractivity contribution in [2.45, 2.75) is 32.6 Å². The van der Waals surface area contributed by atoms with Crippen LogP contribution >= 0.6 is 0 Å². The Morgan fingerprint density at radius 1 is 1.11 bits per heavy atom. The lowest BCUT2D eigenvalue weighted by Crippen LogP contribution is -2.44. The summed E-state index contributed by atoms with van der Waals surface area (Å²) < 4.78 is 1.90. The minimum absolute atomic E-state index is 0.0823. The maximum absolute atomic E-state index is 13.5. The smallest absolute Gasteiger partial charge is 0.250 e. The highest BCUT2D eigenvalue weighted by Gasteiger charge is 2.37. The van der Waals surface area contributed by atoms with Gasteiger partial charge in [-0.15, -0.1) is 0 Å². The summed E-state index contributed by atoms with van der Waals surface area (Å²) in [7, 11) is 1.87. The Labute approximate surface area is 215 Å². The molecule has 2 fully saturated rings. The minimum Gasteiger partial charge on any atom is -0.383 e. The third kappa shape index (κ3) is 4.43. The van der Waals surface area contributed by atoms with Crippen LogP contribution in [-0.4, -0.2) is 56.8 Å².